The molecule has 164 valence electrons. The standard InChI is InChI=1S/C21H22ClN3O4S2/c1-2-17-13-30-21(23-17)19(24-20(26)11-14-6-5-8-16(22)10-14)12-15-7-3-4-9-18(15)25-31(27,28)29/h3-10,13,19,25H,2,11-12H2,1H3,(H,24,26)(H,27,28,29). The minimum atomic E-state index is -4.43. The second-order valence-corrected chi connectivity index (χ2v) is 9.38. The van der Waals surface area contributed by atoms with Crippen LogP contribution in [0.1, 0.15) is 34.8 Å². The molecule has 3 aromatic rings. The molecule has 1 aromatic heterocycles. The number of nitrogens with one attached hydrogen (secondary N) is 2. The molecule has 1 unspecified atom stereocenters. The third-order valence-electron chi connectivity index (χ3n) is 4.50. The molecule has 0 saturated carbocycles. The summed E-state index contributed by atoms with van der Waals surface area (Å²) in [6, 6.07) is 13.3. The van der Waals surface area contributed by atoms with Crippen LogP contribution in [0.5, 0.6) is 0 Å². The van der Waals surface area contributed by atoms with Crippen LogP contribution >= 0.6 is 22.9 Å². The highest BCUT2D eigenvalue weighted by Crippen LogP contribution is 2.27. The van der Waals surface area contributed by atoms with E-state index in [-0.39, 0.29) is 24.4 Å². The van der Waals surface area contributed by atoms with Crippen molar-refractivity contribution in [3.05, 3.63) is 80.8 Å². The van der Waals surface area contributed by atoms with E-state index in [0.29, 0.717) is 10.6 Å². The third kappa shape index (κ3) is 7.03. The summed E-state index contributed by atoms with van der Waals surface area (Å²) in [5.74, 6) is -0.208. The summed E-state index contributed by atoms with van der Waals surface area (Å²) >= 11 is 7.45. The number of amides is 1. The number of aromatic nitrogens is 1. The van der Waals surface area contributed by atoms with Crippen LogP contribution in [0.2, 0.25) is 5.02 Å². The molecule has 10 heteroatoms. The van der Waals surface area contributed by atoms with Gasteiger partial charge in [-0.05, 0) is 35.7 Å². The first kappa shape index (κ1) is 23.2. The summed E-state index contributed by atoms with van der Waals surface area (Å²) in [4.78, 5) is 17.4. The Morgan fingerprint density at radius 2 is 2.00 bits per heavy atom. The van der Waals surface area contributed by atoms with Crippen molar-refractivity contribution in [1.82, 2.24) is 10.3 Å². The molecule has 0 saturated heterocycles. The number of halogens is 1. The smallest absolute Gasteiger partial charge is 0.346 e. The van der Waals surface area contributed by atoms with Gasteiger partial charge in [0.2, 0.25) is 5.91 Å². The summed E-state index contributed by atoms with van der Waals surface area (Å²) in [6.07, 6.45) is 1.20. The lowest BCUT2D eigenvalue weighted by Gasteiger charge is -2.19. The molecule has 0 bridgehead atoms. The van der Waals surface area contributed by atoms with Gasteiger partial charge in [-0.3, -0.25) is 14.1 Å². The number of nitrogens with zero attached hydrogens (tertiary/aromatic N) is 1. The molecule has 0 fully saturated rings. The molecule has 0 spiro atoms. The van der Waals surface area contributed by atoms with E-state index in [0.717, 1.165) is 22.7 Å². The monoisotopic (exact) mass is 479 g/mol. The molecule has 3 N–H and O–H groups in total. The quantitative estimate of drug-likeness (QED) is 0.398. The fourth-order valence-electron chi connectivity index (χ4n) is 3.08. The number of aryl methyl sites for hydroxylation is 1. The molecule has 0 aliphatic carbocycles. The topological polar surface area (TPSA) is 108 Å². The Hall–Kier alpha value is -2.46. The van der Waals surface area contributed by atoms with Crippen molar-refractivity contribution in [2.75, 3.05) is 4.72 Å². The molecular formula is C21H22ClN3O4S2. The van der Waals surface area contributed by atoms with Gasteiger partial charge in [0.15, 0.2) is 0 Å². The van der Waals surface area contributed by atoms with E-state index >= 15 is 0 Å². The Balaban J connectivity index is 1.85. The molecule has 0 aliphatic heterocycles. The minimum Gasteiger partial charge on any atom is -0.346 e. The van der Waals surface area contributed by atoms with Crippen LogP contribution in [0.25, 0.3) is 0 Å². The van der Waals surface area contributed by atoms with Crippen molar-refractivity contribution < 1.29 is 17.8 Å². The van der Waals surface area contributed by atoms with Crippen LogP contribution in [0.4, 0.5) is 5.69 Å². The molecule has 7 nitrogen and oxygen atoms in total. The predicted molar refractivity (Wildman–Crippen MR) is 123 cm³/mol. The van der Waals surface area contributed by atoms with Gasteiger partial charge in [-0.2, -0.15) is 8.42 Å². The molecule has 1 atom stereocenters. The number of hydrogen-bond acceptors (Lipinski definition) is 5. The van der Waals surface area contributed by atoms with Gasteiger partial charge in [0, 0.05) is 16.8 Å². The van der Waals surface area contributed by atoms with Gasteiger partial charge >= 0.3 is 10.3 Å². The Labute approximate surface area is 190 Å². The van der Waals surface area contributed by atoms with E-state index in [4.69, 9.17) is 11.6 Å². The minimum absolute atomic E-state index is 0.147. The molecule has 0 aliphatic rings. The average Bonchev–Trinajstić information content (AvgIpc) is 3.17. The van der Waals surface area contributed by atoms with Crippen molar-refractivity contribution in [2.24, 2.45) is 0 Å². The van der Waals surface area contributed by atoms with Gasteiger partial charge in [0.1, 0.15) is 5.01 Å². The maximum absolute atomic E-state index is 12.8. The van der Waals surface area contributed by atoms with Crippen molar-refractivity contribution in [3.63, 3.8) is 0 Å². The van der Waals surface area contributed by atoms with E-state index < -0.39 is 16.3 Å². The first-order valence-corrected chi connectivity index (χ1v) is 12.2. The van der Waals surface area contributed by atoms with E-state index in [1.54, 1.807) is 42.5 Å². The highest BCUT2D eigenvalue weighted by atomic mass is 35.5. The summed E-state index contributed by atoms with van der Waals surface area (Å²) in [7, 11) is -4.43. The van der Waals surface area contributed by atoms with Gasteiger partial charge < -0.3 is 5.32 Å². The number of thiazole rings is 1. The summed E-state index contributed by atoms with van der Waals surface area (Å²) in [6.45, 7) is 2.00. The Kier molecular flexibility index (Phi) is 7.66. The second kappa shape index (κ2) is 10.2. The zero-order valence-corrected chi connectivity index (χ0v) is 19.1. The number of rotatable bonds is 9. The van der Waals surface area contributed by atoms with E-state index in [1.807, 2.05) is 18.4 Å². The van der Waals surface area contributed by atoms with E-state index in [2.05, 4.69) is 15.0 Å². The highest BCUT2D eigenvalue weighted by Gasteiger charge is 2.21. The van der Waals surface area contributed by atoms with Crippen molar-refractivity contribution in [2.45, 2.75) is 32.2 Å². The summed E-state index contributed by atoms with van der Waals surface area (Å²) < 4.78 is 33.9. The predicted octanol–water partition coefficient (Wildman–Crippen LogP) is 4.22. The normalized spacial score (nSPS) is 12.4. The fraction of sp³-hybridized carbons (Fsp3) is 0.238. The van der Waals surface area contributed by atoms with Crippen LogP contribution in [-0.2, 0) is 34.4 Å². The van der Waals surface area contributed by atoms with E-state index in [1.165, 1.54) is 11.3 Å². The van der Waals surface area contributed by atoms with Crippen LogP contribution in [0.15, 0.2) is 53.9 Å². The summed E-state index contributed by atoms with van der Waals surface area (Å²) in [5, 5.41) is 6.22. The van der Waals surface area contributed by atoms with Crippen LogP contribution in [0, 0.1) is 0 Å². The van der Waals surface area contributed by atoms with Crippen molar-refractivity contribution >= 4 is 44.8 Å². The number of carbonyl (C=O) groups excluding carboxylic acids is 1. The zero-order chi connectivity index (χ0) is 22.4. The lowest BCUT2D eigenvalue weighted by Crippen LogP contribution is -2.31. The molecule has 2 aromatic carbocycles. The van der Waals surface area contributed by atoms with Crippen LogP contribution in [-0.4, -0.2) is 23.9 Å². The molecule has 1 heterocycles. The molecule has 1 amide bonds. The first-order valence-electron chi connectivity index (χ1n) is 9.54. The number of carbonyl (C=O) groups is 1. The van der Waals surface area contributed by atoms with Gasteiger partial charge in [0.05, 0.1) is 23.8 Å². The third-order valence-corrected chi connectivity index (χ3v) is 6.22. The maximum Gasteiger partial charge on any atom is 0.357 e. The van der Waals surface area contributed by atoms with E-state index in [9.17, 15) is 17.8 Å². The van der Waals surface area contributed by atoms with Gasteiger partial charge in [-0.1, -0.05) is 48.9 Å². The Morgan fingerprint density at radius 3 is 2.68 bits per heavy atom. The Bertz CT molecular complexity index is 1160. The van der Waals surface area contributed by atoms with Gasteiger partial charge in [-0.25, -0.2) is 4.98 Å². The lowest BCUT2D eigenvalue weighted by atomic mass is 10.0. The fourth-order valence-corrected chi connectivity index (χ4v) is 4.72. The maximum atomic E-state index is 12.8. The number of para-hydroxylation sites is 1. The number of benzene rings is 2. The average molecular weight is 480 g/mol. The molecule has 3 rings (SSSR count). The first-order chi connectivity index (χ1) is 14.7. The second-order valence-electron chi connectivity index (χ2n) is 6.90. The van der Waals surface area contributed by atoms with Gasteiger partial charge in [-0.15, -0.1) is 11.3 Å². The van der Waals surface area contributed by atoms with Gasteiger partial charge in [0.25, 0.3) is 0 Å². The lowest BCUT2D eigenvalue weighted by molar-refractivity contribution is -0.121. The van der Waals surface area contributed by atoms with Crippen molar-refractivity contribution in [1.29, 1.82) is 0 Å². The number of hydrogen-bond donors (Lipinski definition) is 3. The summed E-state index contributed by atoms with van der Waals surface area (Å²) in [5.41, 5.74) is 2.55. The molecular weight excluding hydrogens is 458 g/mol. The Morgan fingerprint density at radius 1 is 1.23 bits per heavy atom. The zero-order valence-electron chi connectivity index (χ0n) is 16.7. The molecule has 0 radical (unpaired) electrons. The number of anilines is 1. The largest absolute Gasteiger partial charge is 0.357 e. The highest BCUT2D eigenvalue weighted by molar-refractivity contribution is 7.87. The van der Waals surface area contributed by atoms with Crippen LogP contribution in [0.3, 0.4) is 0 Å². The van der Waals surface area contributed by atoms with Crippen molar-refractivity contribution in [3.8, 4) is 0 Å². The van der Waals surface area contributed by atoms with Crippen LogP contribution < -0.4 is 10.0 Å². The molecule has 31 heavy (non-hydrogen) atoms. The SMILES string of the molecule is CCc1csc(C(Cc2ccccc2NS(=O)(=O)O)NC(=O)Cc2cccc(Cl)c2)n1.